The number of aryl methyl sites for hydroxylation is 1. The number of carbonyl (C=O) groups excluding carboxylic acids is 1. The molecule has 1 saturated carbocycles. The van der Waals surface area contributed by atoms with Crippen molar-refractivity contribution < 1.29 is 19.1 Å². The lowest BCUT2D eigenvalue weighted by Gasteiger charge is -2.14. The van der Waals surface area contributed by atoms with E-state index in [2.05, 4.69) is 5.32 Å². The molecule has 1 amide bonds. The summed E-state index contributed by atoms with van der Waals surface area (Å²) in [5.41, 5.74) is 1.22. The molecule has 2 N–H and O–H groups in total. The first-order chi connectivity index (χ1) is 8.90. The lowest BCUT2D eigenvalue weighted by atomic mass is 10.1. The highest BCUT2D eigenvalue weighted by atomic mass is 19.1. The molecule has 5 heteroatoms. The quantitative estimate of drug-likeness (QED) is 0.875. The number of benzene rings is 1. The van der Waals surface area contributed by atoms with Crippen molar-refractivity contribution in [2.75, 3.05) is 0 Å². The molecule has 0 heterocycles. The monoisotopic (exact) mass is 265 g/mol. The van der Waals surface area contributed by atoms with Crippen LogP contribution in [0.3, 0.4) is 0 Å². The average molecular weight is 265 g/mol. The normalized spacial score (nSPS) is 22.7. The van der Waals surface area contributed by atoms with Crippen LogP contribution in [0.5, 0.6) is 0 Å². The fourth-order valence-corrected chi connectivity index (χ4v) is 2.04. The van der Waals surface area contributed by atoms with Gasteiger partial charge in [0, 0.05) is 0 Å². The van der Waals surface area contributed by atoms with Crippen molar-refractivity contribution >= 4 is 11.9 Å². The van der Waals surface area contributed by atoms with Crippen LogP contribution in [0.25, 0.3) is 0 Å². The van der Waals surface area contributed by atoms with Crippen molar-refractivity contribution in [1.82, 2.24) is 5.32 Å². The van der Waals surface area contributed by atoms with Crippen LogP contribution >= 0.6 is 0 Å². The maximum Gasteiger partial charge on any atom is 0.307 e. The Hall–Kier alpha value is -1.91. The third-order valence-electron chi connectivity index (χ3n) is 3.50. The van der Waals surface area contributed by atoms with E-state index >= 15 is 0 Å². The first-order valence-electron chi connectivity index (χ1n) is 6.19. The predicted molar refractivity (Wildman–Crippen MR) is 66.9 cm³/mol. The molecular formula is C14H16FNO3. The van der Waals surface area contributed by atoms with Crippen LogP contribution in [0.1, 0.15) is 30.5 Å². The molecule has 0 aliphatic heterocycles. The Morgan fingerprint density at radius 1 is 1.42 bits per heavy atom. The van der Waals surface area contributed by atoms with Gasteiger partial charge in [-0.1, -0.05) is 12.1 Å². The van der Waals surface area contributed by atoms with Crippen molar-refractivity contribution in [2.24, 2.45) is 11.8 Å². The van der Waals surface area contributed by atoms with Crippen LogP contribution in [0, 0.1) is 24.6 Å². The number of carboxylic acid groups (broad SMARTS) is 1. The number of aliphatic carboxylic acids is 1. The summed E-state index contributed by atoms with van der Waals surface area (Å²) >= 11 is 0. The van der Waals surface area contributed by atoms with E-state index in [-0.39, 0.29) is 17.8 Å². The number of hydrogen-bond donors (Lipinski definition) is 2. The fraction of sp³-hybridized carbons (Fsp3) is 0.429. The van der Waals surface area contributed by atoms with E-state index in [1.54, 1.807) is 26.0 Å². The van der Waals surface area contributed by atoms with Gasteiger partial charge in [0.1, 0.15) is 5.82 Å². The van der Waals surface area contributed by atoms with Crippen LogP contribution < -0.4 is 5.32 Å². The summed E-state index contributed by atoms with van der Waals surface area (Å²) in [6.45, 7) is 3.42. The van der Waals surface area contributed by atoms with Crippen LogP contribution in [-0.2, 0) is 9.59 Å². The van der Waals surface area contributed by atoms with Crippen molar-refractivity contribution in [3.8, 4) is 0 Å². The molecule has 0 aromatic heterocycles. The van der Waals surface area contributed by atoms with Crippen molar-refractivity contribution in [3.63, 3.8) is 0 Å². The molecule has 3 atom stereocenters. The molecule has 102 valence electrons. The molecule has 0 unspecified atom stereocenters. The molecule has 0 radical (unpaired) electrons. The maximum atomic E-state index is 13.4. The van der Waals surface area contributed by atoms with Gasteiger partial charge in [-0.3, -0.25) is 9.59 Å². The van der Waals surface area contributed by atoms with Gasteiger partial charge < -0.3 is 10.4 Å². The molecule has 1 aliphatic rings. The highest BCUT2D eigenvalue weighted by Gasteiger charge is 2.48. The predicted octanol–water partition coefficient (Wildman–Crippen LogP) is 2.03. The van der Waals surface area contributed by atoms with Gasteiger partial charge in [0.2, 0.25) is 5.91 Å². The Labute approximate surface area is 110 Å². The largest absolute Gasteiger partial charge is 0.481 e. The highest BCUT2D eigenvalue weighted by Crippen LogP contribution is 2.39. The third kappa shape index (κ3) is 2.92. The SMILES string of the molecule is Cc1ccc([C@H](C)NC(=O)[C@H]2C[C@@H]2C(=O)O)cc1F. The van der Waals surface area contributed by atoms with Crippen LogP contribution in [-0.4, -0.2) is 17.0 Å². The first-order valence-corrected chi connectivity index (χ1v) is 6.19. The zero-order valence-corrected chi connectivity index (χ0v) is 10.8. The zero-order chi connectivity index (χ0) is 14.2. The molecule has 1 aromatic carbocycles. The minimum absolute atomic E-state index is 0.277. The Bertz CT molecular complexity index is 529. The molecule has 4 nitrogen and oxygen atoms in total. The van der Waals surface area contributed by atoms with E-state index in [1.165, 1.54) is 6.07 Å². The van der Waals surface area contributed by atoms with Gasteiger partial charge in [-0.25, -0.2) is 4.39 Å². The van der Waals surface area contributed by atoms with Gasteiger partial charge >= 0.3 is 5.97 Å². The van der Waals surface area contributed by atoms with Crippen molar-refractivity contribution in [3.05, 3.63) is 35.1 Å². The number of carboxylic acids is 1. The number of hydrogen-bond acceptors (Lipinski definition) is 2. The molecule has 0 spiro atoms. The van der Waals surface area contributed by atoms with E-state index in [4.69, 9.17) is 5.11 Å². The van der Waals surface area contributed by atoms with Gasteiger partial charge in [-0.05, 0) is 37.5 Å². The lowest BCUT2D eigenvalue weighted by Crippen LogP contribution is -2.29. The van der Waals surface area contributed by atoms with E-state index in [0.29, 0.717) is 17.5 Å². The molecule has 1 aromatic rings. The summed E-state index contributed by atoms with van der Waals surface area (Å²) in [4.78, 5) is 22.5. The average Bonchev–Trinajstić information content (AvgIpc) is 3.12. The number of halogens is 1. The zero-order valence-electron chi connectivity index (χ0n) is 10.8. The van der Waals surface area contributed by atoms with E-state index in [1.807, 2.05) is 0 Å². The lowest BCUT2D eigenvalue weighted by molar-refractivity contribution is -0.140. The molecule has 2 rings (SSSR count). The first kappa shape index (κ1) is 13.5. The summed E-state index contributed by atoms with van der Waals surface area (Å²) in [6.07, 6.45) is 0.385. The van der Waals surface area contributed by atoms with Gasteiger partial charge in [-0.15, -0.1) is 0 Å². The van der Waals surface area contributed by atoms with Gasteiger partial charge in [0.05, 0.1) is 17.9 Å². The van der Waals surface area contributed by atoms with Crippen LogP contribution in [0.4, 0.5) is 4.39 Å². The third-order valence-corrected chi connectivity index (χ3v) is 3.50. The number of nitrogens with one attached hydrogen (secondary N) is 1. The van der Waals surface area contributed by atoms with Crippen LogP contribution in [0.15, 0.2) is 18.2 Å². The van der Waals surface area contributed by atoms with Crippen molar-refractivity contribution in [2.45, 2.75) is 26.3 Å². The van der Waals surface area contributed by atoms with E-state index in [0.717, 1.165) is 0 Å². The second kappa shape index (κ2) is 4.99. The number of carbonyl (C=O) groups is 2. The van der Waals surface area contributed by atoms with Crippen LogP contribution in [0.2, 0.25) is 0 Å². The Morgan fingerprint density at radius 2 is 2.11 bits per heavy atom. The second-order valence-electron chi connectivity index (χ2n) is 5.03. The summed E-state index contributed by atoms with van der Waals surface area (Å²) < 4.78 is 13.4. The maximum absolute atomic E-state index is 13.4. The molecule has 19 heavy (non-hydrogen) atoms. The van der Waals surface area contributed by atoms with Gasteiger partial charge in [0.25, 0.3) is 0 Å². The standard InChI is InChI=1S/C14H16FNO3/c1-7-3-4-9(5-12(7)15)8(2)16-13(17)10-6-11(10)14(18)19/h3-5,8,10-11H,6H2,1-2H3,(H,16,17)(H,18,19)/t8-,10-,11-/m0/s1. The Balaban J connectivity index is 1.97. The van der Waals surface area contributed by atoms with Gasteiger partial charge in [0.15, 0.2) is 0 Å². The Morgan fingerprint density at radius 3 is 2.63 bits per heavy atom. The molecule has 0 bridgehead atoms. The fourth-order valence-electron chi connectivity index (χ4n) is 2.04. The summed E-state index contributed by atoms with van der Waals surface area (Å²) in [5.74, 6) is -2.54. The number of amides is 1. The smallest absolute Gasteiger partial charge is 0.307 e. The minimum atomic E-state index is -0.936. The minimum Gasteiger partial charge on any atom is -0.481 e. The molecule has 1 aliphatic carbocycles. The van der Waals surface area contributed by atoms with Crippen molar-refractivity contribution in [1.29, 1.82) is 0 Å². The van der Waals surface area contributed by atoms with E-state index < -0.39 is 17.8 Å². The van der Waals surface area contributed by atoms with Gasteiger partial charge in [-0.2, -0.15) is 0 Å². The Kier molecular flexibility index (Phi) is 3.55. The molecule has 1 fully saturated rings. The number of rotatable bonds is 4. The summed E-state index contributed by atoms with van der Waals surface area (Å²) in [7, 11) is 0. The topological polar surface area (TPSA) is 66.4 Å². The summed E-state index contributed by atoms with van der Waals surface area (Å²) in [6, 6.07) is 4.47. The molecule has 0 saturated heterocycles. The highest BCUT2D eigenvalue weighted by molar-refractivity contribution is 5.89. The summed E-state index contributed by atoms with van der Waals surface area (Å²) in [5, 5.41) is 11.5. The molecular weight excluding hydrogens is 249 g/mol. The van der Waals surface area contributed by atoms with E-state index in [9.17, 15) is 14.0 Å². The second-order valence-corrected chi connectivity index (χ2v) is 5.03.